The van der Waals surface area contributed by atoms with E-state index in [0.29, 0.717) is 10.5 Å². The van der Waals surface area contributed by atoms with Gasteiger partial charge in [-0.15, -0.1) is 13.2 Å². The van der Waals surface area contributed by atoms with Gasteiger partial charge in [-0.05, 0) is 17.7 Å². The van der Waals surface area contributed by atoms with Gasteiger partial charge in [-0.3, -0.25) is 9.59 Å². The molecular weight excluding hydrogens is 359 g/mol. The smallest absolute Gasteiger partial charge is 0.406 e. The van der Waals surface area contributed by atoms with Crippen LogP contribution < -0.4 is 9.64 Å². The fourth-order valence-electron chi connectivity index (χ4n) is 2.41. The normalized spacial score (nSPS) is 15.1. The van der Waals surface area contributed by atoms with E-state index in [1.54, 1.807) is 30.3 Å². The molecule has 3 rings (SSSR count). The highest BCUT2D eigenvalue weighted by molar-refractivity contribution is 6.60. The largest absolute Gasteiger partial charge is 0.573 e. The first-order chi connectivity index (χ1) is 11.8. The van der Waals surface area contributed by atoms with E-state index >= 15 is 0 Å². The molecule has 25 heavy (non-hydrogen) atoms. The summed E-state index contributed by atoms with van der Waals surface area (Å²) in [5, 5.41) is -0.293. The van der Waals surface area contributed by atoms with Crippen LogP contribution in [0.15, 0.2) is 59.6 Å². The number of halogens is 4. The SMILES string of the molecule is O=C1C(Cl)=C(c2ccccc2)C(=O)N1c1cccc(OC(F)(F)F)c1. The van der Waals surface area contributed by atoms with Crippen molar-refractivity contribution < 1.29 is 27.5 Å². The van der Waals surface area contributed by atoms with Crippen molar-refractivity contribution in [2.75, 3.05) is 4.90 Å². The quantitative estimate of drug-likeness (QED) is 0.767. The van der Waals surface area contributed by atoms with Gasteiger partial charge >= 0.3 is 6.36 Å². The molecule has 0 aromatic heterocycles. The Morgan fingerprint density at radius 1 is 0.920 bits per heavy atom. The molecule has 1 aliphatic heterocycles. The molecule has 128 valence electrons. The molecule has 0 atom stereocenters. The van der Waals surface area contributed by atoms with Crippen LogP contribution in [0.25, 0.3) is 5.57 Å². The fourth-order valence-corrected chi connectivity index (χ4v) is 2.69. The fraction of sp³-hybridized carbons (Fsp3) is 0.0588. The van der Waals surface area contributed by atoms with E-state index in [4.69, 9.17) is 11.6 Å². The molecule has 0 saturated carbocycles. The molecule has 0 unspecified atom stereocenters. The van der Waals surface area contributed by atoms with E-state index in [1.807, 2.05) is 0 Å². The maximum Gasteiger partial charge on any atom is 0.573 e. The highest BCUT2D eigenvalue weighted by Gasteiger charge is 2.39. The van der Waals surface area contributed by atoms with Crippen molar-refractivity contribution in [1.29, 1.82) is 0 Å². The first-order valence-corrected chi connectivity index (χ1v) is 7.35. The summed E-state index contributed by atoms with van der Waals surface area (Å²) < 4.78 is 40.9. The van der Waals surface area contributed by atoms with E-state index in [9.17, 15) is 22.8 Å². The van der Waals surface area contributed by atoms with Crippen LogP contribution in [0, 0.1) is 0 Å². The number of carbonyl (C=O) groups excluding carboxylic acids is 2. The zero-order valence-electron chi connectivity index (χ0n) is 12.4. The number of ether oxygens (including phenoxy) is 1. The van der Waals surface area contributed by atoms with Crippen LogP contribution in [-0.4, -0.2) is 18.2 Å². The second-order valence-corrected chi connectivity index (χ2v) is 5.42. The first-order valence-electron chi connectivity index (χ1n) is 6.98. The summed E-state index contributed by atoms with van der Waals surface area (Å²) in [5.74, 6) is -2.07. The van der Waals surface area contributed by atoms with Crippen LogP contribution in [-0.2, 0) is 9.59 Å². The first kappa shape index (κ1) is 17.0. The van der Waals surface area contributed by atoms with Gasteiger partial charge < -0.3 is 4.74 Å². The maximum atomic E-state index is 12.6. The standard InChI is InChI=1S/C17H9ClF3NO3/c18-14-13(10-5-2-1-3-6-10)15(23)22(16(14)24)11-7-4-8-12(9-11)25-17(19,20)21/h1-9H. The van der Waals surface area contributed by atoms with Gasteiger partial charge in [0, 0.05) is 6.07 Å². The molecular formula is C17H9ClF3NO3. The minimum atomic E-state index is -4.89. The van der Waals surface area contributed by atoms with Gasteiger partial charge in [0.25, 0.3) is 11.8 Å². The van der Waals surface area contributed by atoms with E-state index in [0.717, 1.165) is 12.1 Å². The number of carbonyl (C=O) groups is 2. The molecule has 0 radical (unpaired) electrons. The molecule has 8 heteroatoms. The number of hydrogen-bond acceptors (Lipinski definition) is 3. The number of amides is 2. The Morgan fingerprint density at radius 3 is 2.24 bits per heavy atom. The van der Waals surface area contributed by atoms with Crippen molar-refractivity contribution in [1.82, 2.24) is 0 Å². The van der Waals surface area contributed by atoms with Gasteiger partial charge in [0.05, 0.1) is 11.3 Å². The summed E-state index contributed by atoms with van der Waals surface area (Å²) in [6, 6.07) is 12.9. The van der Waals surface area contributed by atoms with Crippen LogP contribution in [0.2, 0.25) is 0 Å². The maximum absolute atomic E-state index is 12.6. The summed E-state index contributed by atoms with van der Waals surface area (Å²) in [7, 11) is 0. The Labute approximate surface area is 145 Å². The summed E-state index contributed by atoms with van der Waals surface area (Å²) in [6.45, 7) is 0. The number of hydrogen-bond donors (Lipinski definition) is 0. The van der Waals surface area contributed by atoms with E-state index in [2.05, 4.69) is 4.74 Å². The average molecular weight is 368 g/mol. The lowest BCUT2D eigenvalue weighted by Gasteiger charge is -2.16. The van der Waals surface area contributed by atoms with Crippen LogP contribution >= 0.6 is 11.6 Å². The molecule has 2 amide bonds. The number of nitrogens with zero attached hydrogens (tertiary/aromatic N) is 1. The molecule has 0 spiro atoms. The van der Waals surface area contributed by atoms with E-state index in [1.165, 1.54) is 12.1 Å². The molecule has 0 fully saturated rings. The summed E-state index contributed by atoms with van der Waals surface area (Å²) in [6.07, 6.45) is -4.89. The second kappa shape index (κ2) is 6.25. The minimum Gasteiger partial charge on any atom is -0.406 e. The predicted octanol–water partition coefficient (Wildman–Crippen LogP) is 4.11. The monoisotopic (exact) mass is 367 g/mol. The van der Waals surface area contributed by atoms with Crippen LogP contribution in [0.3, 0.4) is 0 Å². The molecule has 0 N–H and O–H groups in total. The van der Waals surface area contributed by atoms with E-state index < -0.39 is 23.9 Å². The van der Waals surface area contributed by atoms with Gasteiger partial charge in [0.1, 0.15) is 10.8 Å². The van der Waals surface area contributed by atoms with Crippen LogP contribution in [0.4, 0.5) is 18.9 Å². The molecule has 2 aromatic rings. The lowest BCUT2D eigenvalue weighted by atomic mass is 10.1. The van der Waals surface area contributed by atoms with Crippen molar-refractivity contribution in [3.63, 3.8) is 0 Å². The Bertz CT molecular complexity index is 878. The molecule has 1 aliphatic rings. The third-order valence-corrected chi connectivity index (χ3v) is 3.75. The van der Waals surface area contributed by atoms with Gasteiger partial charge in [0.2, 0.25) is 0 Å². The van der Waals surface area contributed by atoms with Crippen molar-refractivity contribution in [3.8, 4) is 5.75 Å². The molecule has 4 nitrogen and oxygen atoms in total. The van der Waals surface area contributed by atoms with Gasteiger partial charge in [-0.25, -0.2) is 4.90 Å². The third-order valence-electron chi connectivity index (χ3n) is 3.40. The number of benzene rings is 2. The highest BCUT2D eigenvalue weighted by atomic mass is 35.5. The zero-order chi connectivity index (χ0) is 18.2. The zero-order valence-corrected chi connectivity index (χ0v) is 13.1. The van der Waals surface area contributed by atoms with Crippen molar-refractivity contribution >= 4 is 34.7 Å². The predicted molar refractivity (Wildman–Crippen MR) is 84.8 cm³/mol. The third kappa shape index (κ3) is 3.36. The van der Waals surface area contributed by atoms with E-state index in [-0.39, 0.29) is 16.3 Å². The number of rotatable bonds is 3. The highest BCUT2D eigenvalue weighted by Crippen LogP contribution is 2.36. The molecule has 0 bridgehead atoms. The summed E-state index contributed by atoms with van der Waals surface area (Å²) >= 11 is 6.01. The van der Waals surface area contributed by atoms with Gasteiger partial charge in [0.15, 0.2) is 0 Å². The number of alkyl halides is 3. The average Bonchev–Trinajstić information content (AvgIpc) is 2.76. The molecule has 0 saturated heterocycles. The van der Waals surface area contributed by atoms with Crippen molar-refractivity contribution in [2.24, 2.45) is 0 Å². The molecule has 0 aliphatic carbocycles. The molecule has 2 aromatic carbocycles. The Hall–Kier alpha value is -2.80. The lowest BCUT2D eigenvalue weighted by molar-refractivity contribution is -0.274. The topological polar surface area (TPSA) is 46.6 Å². The van der Waals surface area contributed by atoms with Crippen LogP contribution in [0.1, 0.15) is 5.56 Å². The lowest BCUT2D eigenvalue weighted by Crippen LogP contribution is -2.31. The second-order valence-electron chi connectivity index (χ2n) is 5.05. The van der Waals surface area contributed by atoms with Gasteiger partial charge in [-0.1, -0.05) is 48.0 Å². The minimum absolute atomic E-state index is 0.00518. The summed E-state index contributed by atoms with van der Waals surface area (Å²) in [5.41, 5.74) is 0.367. The Balaban J connectivity index is 1.97. The number of imide groups is 1. The number of anilines is 1. The van der Waals surface area contributed by atoms with Crippen molar-refractivity contribution in [3.05, 3.63) is 65.2 Å². The Kier molecular flexibility index (Phi) is 4.26. The molecule has 1 heterocycles. The van der Waals surface area contributed by atoms with Crippen molar-refractivity contribution in [2.45, 2.75) is 6.36 Å². The van der Waals surface area contributed by atoms with Crippen LogP contribution in [0.5, 0.6) is 5.75 Å². The summed E-state index contributed by atoms with van der Waals surface area (Å²) in [4.78, 5) is 25.7. The van der Waals surface area contributed by atoms with Gasteiger partial charge in [-0.2, -0.15) is 0 Å². The Morgan fingerprint density at radius 2 is 1.60 bits per heavy atom.